The van der Waals surface area contributed by atoms with Crippen molar-refractivity contribution in [1.29, 1.82) is 0 Å². The number of hydrogen-bond acceptors (Lipinski definition) is 3. The molecule has 0 aliphatic carbocycles. The topological polar surface area (TPSA) is 60.9 Å². The monoisotopic (exact) mass is 307 g/mol. The van der Waals surface area contributed by atoms with E-state index in [0.29, 0.717) is 26.2 Å². The summed E-state index contributed by atoms with van der Waals surface area (Å²) >= 11 is 0. The molecule has 0 atom stereocenters. The number of para-hydroxylation sites is 1. The molecule has 1 aliphatic rings. The molecule has 1 fully saturated rings. The normalized spacial score (nSPS) is 14.6. The second-order valence-corrected chi connectivity index (χ2v) is 5.08. The van der Waals surface area contributed by atoms with E-state index in [-0.39, 0.29) is 18.1 Å². The van der Waals surface area contributed by atoms with Crippen molar-refractivity contribution in [1.82, 2.24) is 9.80 Å². The summed E-state index contributed by atoms with van der Waals surface area (Å²) in [5.41, 5.74) is 0.0925. The minimum Gasteiger partial charge on any atom is -0.342 e. The van der Waals surface area contributed by atoms with Crippen molar-refractivity contribution in [3.8, 4) is 0 Å². The summed E-state index contributed by atoms with van der Waals surface area (Å²) in [6.45, 7) is 2.85. The van der Waals surface area contributed by atoms with Crippen LogP contribution in [0.1, 0.15) is 6.92 Å². The molecule has 1 aliphatic heterocycles. The fourth-order valence-corrected chi connectivity index (χ4v) is 2.35. The molecule has 22 heavy (non-hydrogen) atoms. The van der Waals surface area contributed by atoms with Crippen LogP contribution < -0.4 is 4.90 Å². The van der Waals surface area contributed by atoms with Crippen molar-refractivity contribution in [3.05, 3.63) is 30.1 Å². The Bertz CT molecular complexity index is 571. The first-order chi connectivity index (χ1) is 10.5. The number of piperazine rings is 1. The van der Waals surface area contributed by atoms with Crippen LogP contribution in [0.15, 0.2) is 24.3 Å². The molecule has 2 rings (SSSR count). The highest BCUT2D eigenvalue weighted by atomic mass is 19.1. The van der Waals surface area contributed by atoms with Gasteiger partial charge in [0.1, 0.15) is 12.4 Å². The quantitative estimate of drug-likeness (QED) is 0.760. The molecular weight excluding hydrogens is 289 g/mol. The molecule has 0 aromatic heterocycles. The summed E-state index contributed by atoms with van der Waals surface area (Å²) in [6.07, 6.45) is 0.753. The molecular formula is C15H18FN3O3. The molecule has 1 saturated heterocycles. The lowest BCUT2D eigenvalue weighted by molar-refractivity contribution is -0.134. The molecule has 0 spiro atoms. The predicted molar refractivity (Wildman–Crippen MR) is 78.6 cm³/mol. The smallest absolute Gasteiger partial charge is 0.242 e. The molecule has 0 unspecified atom stereocenters. The van der Waals surface area contributed by atoms with Crippen LogP contribution in [0.4, 0.5) is 10.1 Å². The highest BCUT2D eigenvalue weighted by molar-refractivity contribution is 5.97. The van der Waals surface area contributed by atoms with Gasteiger partial charge < -0.3 is 14.7 Å². The summed E-state index contributed by atoms with van der Waals surface area (Å²) < 4.78 is 13.8. The molecule has 3 amide bonds. The zero-order valence-corrected chi connectivity index (χ0v) is 12.4. The Morgan fingerprint density at radius 1 is 1.23 bits per heavy atom. The van der Waals surface area contributed by atoms with Gasteiger partial charge in [-0.2, -0.15) is 0 Å². The maximum Gasteiger partial charge on any atom is 0.242 e. The van der Waals surface area contributed by atoms with Crippen molar-refractivity contribution >= 4 is 23.9 Å². The molecule has 0 bridgehead atoms. The standard InChI is InChI=1S/C15H18FN3O3/c1-12(21)19(14-5-3-2-4-13(14)16)10-15(22)18-8-6-17(11-20)7-9-18/h2-5,11H,6-10H2,1H3. The van der Waals surface area contributed by atoms with Gasteiger partial charge in [0, 0.05) is 33.1 Å². The van der Waals surface area contributed by atoms with Crippen molar-refractivity contribution in [2.75, 3.05) is 37.6 Å². The van der Waals surface area contributed by atoms with Crippen LogP contribution in [0.5, 0.6) is 0 Å². The third-order valence-corrected chi connectivity index (χ3v) is 3.63. The van der Waals surface area contributed by atoms with Gasteiger partial charge in [-0.1, -0.05) is 12.1 Å². The number of carbonyl (C=O) groups excluding carboxylic acids is 3. The second-order valence-electron chi connectivity index (χ2n) is 5.08. The lowest BCUT2D eigenvalue weighted by Crippen LogP contribution is -2.51. The van der Waals surface area contributed by atoms with E-state index in [1.165, 1.54) is 25.1 Å². The third kappa shape index (κ3) is 3.60. The molecule has 0 radical (unpaired) electrons. The summed E-state index contributed by atoms with van der Waals surface area (Å²) in [4.78, 5) is 39.0. The van der Waals surface area contributed by atoms with Gasteiger partial charge in [-0.3, -0.25) is 14.4 Å². The van der Waals surface area contributed by atoms with Gasteiger partial charge in [0.05, 0.1) is 5.69 Å². The number of rotatable bonds is 4. The van der Waals surface area contributed by atoms with E-state index < -0.39 is 11.7 Å². The van der Waals surface area contributed by atoms with E-state index in [0.717, 1.165) is 11.3 Å². The Hall–Kier alpha value is -2.44. The minimum absolute atomic E-state index is 0.0925. The molecule has 0 N–H and O–H groups in total. The Kier molecular flexibility index (Phi) is 5.08. The number of anilines is 1. The van der Waals surface area contributed by atoms with Crippen LogP contribution in [0.3, 0.4) is 0 Å². The Labute approximate surface area is 128 Å². The average molecular weight is 307 g/mol. The number of amides is 3. The molecule has 1 aromatic carbocycles. The second kappa shape index (κ2) is 7.02. The lowest BCUT2D eigenvalue weighted by Gasteiger charge is -2.34. The average Bonchev–Trinajstić information content (AvgIpc) is 2.53. The molecule has 6 nitrogen and oxygen atoms in total. The van der Waals surface area contributed by atoms with Crippen molar-refractivity contribution in [2.45, 2.75) is 6.92 Å². The molecule has 1 heterocycles. The zero-order valence-electron chi connectivity index (χ0n) is 12.4. The van der Waals surface area contributed by atoms with Crippen LogP contribution in [0.2, 0.25) is 0 Å². The number of carbonyl (C=O) groups is 3. The summed E-state index contributed by atoms with van der Waals surface area (Å²) in [7, 11) is 0. The largest absolute Gasteiger partial charge is 0.342 e. The van der Waals surface area contributed by atoms with E-state index in [2.05, 4.69) is 0 Å². The van der Waals surface area contributed by atoms with Crippen molar-refractivity contribution in [2.24, 2.45) is 0 Å². The number of hydrogen-bond donors (Lipinski definition) is 0. The molecule has 0 saturated carbocycles. The van der Waals surface area contributed by atoms with Gasteiger partial charge in [-0.05, 0) is 12.1 Å². The van der Waals surface area contributed by atoms with E-state index in [1.807, 2.05) is 0 Å². The fraction of sp³-hybridized carbons (Fsp3) is 0.400. The Balaban J connectivity index is 2.06. The van der Waals surface area contributed by atoms with Crippen molar-refractivity contribution in [3.63, 3.8) is 0 Å². The molecule has 118 valence electrons. The van der Waals surface area contributed by atoms with Crippen LogP contribution in [0, 0.1) is 5.82 Å². The fourth-order valence-electron chi connectivity index (χ4n) is 2.35. The van der Waals surface area contributed by atoms with Crippen molar-refractivity contribution < 1.29 is 18.8 Å². The first-order valence-corrected chi connectivity index (χ1v) is 7.02. The maximum absolute atomic E-state index is 13.8. The van der Waals surface area contributed by atoms with Gasteiger partial charge in [-0.25, -0.2) is 4.39 Å². The van der Waals surface area contributed by atoms with Crippen LogP contribution in [-0.2, 0) is 14.4 Å². The maximum atomic E-state index is 13.8. The SMILES string of the molecule is CC(=O)N(CC(=O)N1CCN(C=O)CC1)c1ccccc1F. The summed E-state index contributed by atoms with van der Waals surface area (Å²) in [6, 6.07) is 5.85. The van der Waals surface area contributed by atoms with Gasteiger partial charge in [0.25, 0.3) is 0 Å². The highest BCUT2D eigenvalue weighted by Gasteiger charge is 2.24. The van der Waals surface area contributed by atoms with Crippen LogP contribution >= 0.6 is 0 Å². The van der Waals surface area contributed by atoms with E-state index in [9.17, 15) is 18.8 Å². The van der Waals surface area contributed by atoms with Gasteiger partial charge in [0.15, 0.2) is 0 Å². The van der Waals surface area contributed by atoms with Crippen LogP contribution in [0.25, 0.3) is 0 Å². The molecule has 7 heteroatoms. The number of benzene rings is 1. The van der Waals surface area contributed by atoms with E-state index in [4.69, 9.17) is 0 Å². The van der Waals surface area contributed by atoms with Gasteiger partial charge >= 0.3 is 0 Å². The zero-order chi connectivity index (χ0) is 16.1. The van der Waals surface area contributed by atoms with Crippen LogP contribution in [-0.4, -0.2) is 60.7 Å². The first-order valence-electron chi connectivity index (χ1n) is 7.02. The van der Waals surface area contributed by atoms with Gasteiger partial charge in [-0.15, -0.1) is 0 Å². The first kappa shape index (κ1) is 15.9. The highest BCUT2D eigenvalue weighted by Crippen LogP contribution is 2.19. The lowest BCUT2D eigenvalue weighted by atomic mass is 10.2. The number of halogens is 1. The third-order valence-electron chi connectivity index (χ3n) is 3.63. The van der Waals surface area contributed by atoms with E-state index >= 15 is 0 Å². The van der Waals surface area contributed by atoms with Gasteiger partial charge in [0.2, 0.25) is 18.2 Å². The Morgan fingerprint density at radius 2 is 1.86 bits per heavy atom. The predicted octanol–water partition coefficient (Wildman–Crippen LogP) is 0.479. The Morgan fingerprint density at radius 3 is 2.41 bits per heavy atom. The summed E-state index contributed by atoms with van der Waals surface area (Å²) in [5, 5.41) is 0. The number of nitrogens with zero attached hydrogens (tertiary/aromatic N) is 3. The minimum atomic E-state index is -0.545. The summed E-state index contributed by atoms with van der Waals surface area (Å²) in [5.74, 6) is -1.20. The van der Waals surface area contributed by atoms with E-state index in [1.54, 1.807) is 15.9 Å². The molecule has 1 aromatic rings.